The lowest BCUT2D eigenvalue weighted by atomic mass is 9.77. The van der Waals surface area contributed by atoms with E-state index in [1.807, 2.05) is 0 Å². The minimum Gasteiger partial charge on any atom is -0.423 e. The van der Waals surface area contributed by atoms with Gasteiger partial charge in [-0.3, -0.25) is 0 Å². The quantitative estimate of drug-likeness (QED) is 0.555. The molecule has 0 aliphatic carbocycles. The highest BCUT2D eigenvalue weighted by atomic mass is 32.2. The molecule has 0 saturated carbocycles. The summed E-state index contributed by atoms with van der Waals surface area (Å²) in [6, 6.07) is 4.10. The van der Waals surface area contributed by atoms with E-state index in [9.17, 15) is 8.42 Å². The van der Waals surface area contributed by atoms with Crippen molar-refractivity contribution in [2.75, 3.05) is 7.05 Å². The topological polar surface area (TPSA) is 86.6 Å². The summed E-state index contributed by atoms with van der Waals surface area (Å²) in [6.45, 7) is 1.61. The lowest BCUT2D eigenvalue weighted by Crippen LogP contribution is -2.32. The summed E-state index contributed by atoms with van der Waals surface area (Å²) in [5.74, 6) is 0. The van der Waals surface area contributed by atoms with E-state index in [0.29, 0.717) is 11.0 Å². The highest BCUT2D eigenvalue weighted by Gasteiger charge is 2.17. The lowest BCUT2D eigenvalue weighted by Gasteiger charge is -2.07. The van der Waals surface area contributed by atoms with Gasteiger partial charge in [0.05, 0.1) is 4.90 Å². The average molecular weight is 229 g/mol. The first-order valence-electron chi connectivity index (χ1n) is 4.28. The van der Waals surface area contributed by atoms with Crippen molar-refractivity contribution in [3.63, 3.8) is 0 Å². The maximum Gasteiger partial charge on any atom is 0.488 e. The molecule has 15 heavy (non-hydrogen) atoms. The maximum atomic E-state index is 11.4. The molecule has 5 nitrogen and oxygen atoms in total. The zero-order chi connectivity index (χ0) is 11.6. The van der Waals surface area contributed by atoms with Gasteiger partial charge in [0.1, 0.15) is 0 Å². The van der Waals surface area contributed by atoms with E-state index in [1.165, 1.54) is 25.2 Å². The van der Waals surface area contributed by atoms with Crippen LogP contribution in [0.1, 0.15) is 5.56 Å². The summed E-state index contributed by atoms with van der Waals surface area (Å²) in [5, 5.41) is 17.9. The first-order valence-corrected chi connectivity index (χ1v) is 5.77. The van der Waals surface area contributed by atoms with E-state index in [-0.39, 0.29) is 4.90 Å². The number of nitrogens with one attached hydrogen (secondary N) is 1. The summed E-state index contributed by atoms with van der Waals surface area (Å²) in [7, 11) is -3.74. The highest BCUT2D eigenvalue weighted by molar-refractivity contribution is 7.89. The fourth-order valence-corrected chi connectivity index (χ4v) is 2.04. The molecule has 0 unspecified atom stereocenters. The number of benzene rings is 1. The van der Waals surface area contributed by atoms with Crippen molar-refractivity contribution in [2.24, 2.45) is 0 Å². The molecule has 3 N–H and O–H groups in total. The van der Waals surface area contributed by atoms with E-state index in [0.717, 1.165) is 0 Å². The second kappa shape index (κ2) is 4.32. The Balaban J connectivity index is 3.24. The van der Waals surface area contributed by atoms with Gasteiger partial charge in [-0.1, -0.05) is 11.6 Å². The van der Waals surface area contributed by atoms with Crippen LogP contribution in [0.3, 0.4) is 0 Å². The molecule has 0 aliphatic heterocycles. The van der Waals surface area contributed by atoms with Crippen LogP contribution in [0.25, 0.3) is 0 Å². The van der Waals surface area contributed by atoms with E-state index in [2.05, 4.69) is 4.72 Å². The number of rotatable bonds is 3. The Morgan fingerprint density at radius 1 is 1.33 bits per heavy atom. The number of aryl methyl sites for hydroxylation is 1. The third kappa shape index (κ3) is 2.57. The Labute approximate surface area is 89.0 Å². The van der Waals surface area contributed by atoms with Gasteiger partial charge in [0, 0.05) is 0 Å². The molecule has 0 saturated heterocycles. The van der Waals surface area contributed by atoms with Gasteiger partial charge in [0.2, 0.25) is 10.0 Å². The molecule has 0 heterocycles. The number of sulfonamides is 1. The van der Waals surface area contributed by atoms with Crippen molar-refractivity contribution in [1.82, 2.24) is 4.72 Å². The number of hydrogen-bond donors (Lipinski definition) is 3. The largest absolute Gasteiger partial charge is 0.488 e. The molecular formula is C8H12BNO4S. The fourth-order valence-electron chi connectivity index (χ4n) is 1.22. The van der Waals surface area contributed by atoms with Crippen LogP contribution in [0.5, 0.6) is 0 Å². The molecule has 0 aromatic heterocycles. The third-order valence-electron chi connectivity index (χ3n) is 2.10. The van der Waals surface area contributed by atoms with Crippen molar-refractivity contribution in [3.05, 3.63) is 23.8 Å². The first-order chi connectivity index (χ1) is 6.88. The van der Waals surface area contributed by atoms with Gasteiger partial charge in [-0.25, -0.2) is 13.1 Å². The standard InChI is InChI=1S/C8H12BNO4S/c1-6-5-7(15(13,14)10-2)3-4-8(6)9(11)12/h3-5,10-12H,1-2H3. The number of hydrogen-bond acceptors (Lipinski definition) is 4. The Hall–Kier alpha value is -0.885. The summed E-state index contributed by atoms with van der Waals surface area (Å²) >= 11 is 0. The predicted octanol–water partition coefficient (Wildman–Crippen LogP) is -1.42. The van der Waals surface area contributed by atoms with Crippen LogP contribution in [0, 0.1) is 6.92 Å². The highest BCUT2D eigenvalue weighted by Crippen LogP contribution is 2.09. The van der Waals surface area contributed by atoms with Crippen LogP contribution >= 0.6 is 0 Å². The van der Waals surface area contributed by atoms with Crippen LogP contribution in [-0.2, 0) is 10.0 Å². The van der Waals surface area contributed by atoms with Gasteiger partial charge in [-0.15, -0.1) is 0 Å². The van der Waals surface area contributed by atoms with E-state index < -0.39 is 17.1 Å². The molecule has 0 aliphatic rings. The summed E-state index contributed by atoms with van der Waals surface area (Å²) < 4.78 is 25.0. The summed E-state index contributed by atoms with van der Waals surface area (Å²) in [4.78, 5) is 0.104. The van der Waals surface area contributed by atoms with E-state index in [4.69, 9.17) is 10.0 Å². The van der Waals surface area contributed by atoms with E-state index in [1.54, 1.807) is 6.92 Å². The van der Waals surface area contributed by atoms with Gasteiger partial charge in [-0.05, 0) is 31.6 Å². The minimum absolute atomic E-state index is 0.104. The summed E-state index contributed by atoms with van der Waals surface area (Å²) in [5.41, 5.74) is 0.811. The molecule has 0 radical (unpaired) electrons. The van der Waals surface area contributed by atoms with E-state index >= 15 is 0 Å². The summed E-state index contributed by atoms with van der Waals surface area (Å²) in [6.07, 6.45) is 0. The van der Waals surface area contributed by atoms with Crippen LogP contribution < -0.4 is 10.2 Å². The normalized spacial score (nSPS) is 11.5. The molecule has 0 amide bonds. The van der Waals surface area contributed by atoms with Crippen molar-refractivity contribution in [2.45, 2.75) is 11.8 Å². The van der Waals surface area contributed by atoms with Crippen LogP contribution in [0.2, 0.25) is 0 Å². The Morgan fingerprint density at radius 3 is 2.33 bits per heavy atom. The van der Waals surface area contributed by atoms with Crippen molar-refractivity contribution in [1.29, 1.82) is 0 Å². The van der Waals surface area contributed by atoms with Crippen molar-refractivity contribution in [3.8, 4) is 0 Å². The second-order valence-corrected chi connectivity index (χ2v) is 4.99. The van der Waals surface area contributed by atoms with Crippen LogP contribution in [0.4, 0.5) is 0 Å². The average Bonchev–Trinajstić information content (AvgIpc) is 2.17. The third-order valence-corrected chi connectivity index (χ3v) is 3.51. The second-order valence-electron chi connectivity index (χ2n) is 3.10. The maximum absolute atomic E-state index is 11.4. The monoisotopic (exact) mass is 229 g/mol. The Kier molecular flexibility index (Phi) is 3.51. The van der Waals surface area contributed by atoms with Gasteiger partial charge < -0.3 is 10.0 Å². The SMILES string of the molecule is CNS(=O)(=O)c1ccc(B(O)O)c(C)c1. The molecule has 0 fully saturated rings. The predicted molar refractivity (Wildman–Crippen MR) is 57.3 cm³/mol. The molecule has 7 heteroatoms. The van der Waals surface area contributed by atoms with Gasteiger partial charge >= 0.3 is 7.12 Å². The Bertz CT molecular complexity index is 458. The van der Waals surface area contributed by atoms with Gasteiger partial charge in [0.15, 0.2) is 0 Å². The van der Waals surface area contributed by atoms with Crippen molar-refractivity contribution < 1.29 is 18.5 Å². The molecular weight excluding hydrogens is 217 g/mol. The first kappa shape index (κ1) is 12.2. The Morgan fingerprint density at radius 2 is 1.93 bits per heavy atom. The lowest BCUT2D eigenvalue weighted by molar-refractivity contribution is 0.425. The van der Waals surface area contributed by atoms with Crippen LogP contribution in [-0.4, -0.2) is 32.6 Å². The molecule has 1 rings (SSSR count). The molecule has 0 spiro atoms. The molecule has 0 bridgehead atoms. The van der Waals surface area contributed by atoms with Crippen LogP contribution in [0.15, 0.2) is 23.1 Å². The van der Waals surface area contributed by atoms with Gasteiger partial charge in [0.25, 0.3) is 0 Å². The smallest absolute Gasteiger partial charge is 0.423 e. The minimum atomic E-state index is -3.48. The molecule has 82 valence electrons. The van der Waals surface area contributed by atoms with Crippen molar-refractivity contribution >= 4 is 22.6 Å². The zero-order valence-electron chi connectivity index (χ0n) is 8.43. The fraction of sp³-hybridized carbons (Fsp3) is 0.250. The van der Waals surface area contributed by atoms with Gasteiger partial charge in [-0.2, -0.15) is 0 Å². The zero-order valence-corrected chi connectivity index (χ0v) is 9.25. The molecule has 1 aromatic carbocycles. The molecule has 0 atom stereocenters. The molecule has 1 aromatic rings.